The molecule has 0 aliphatic carbocycles. The largest absolute Gasteiger partial charge is 0.326 e. The van der Waals surface area contributed by atoms with E-state index in [1.54, 1.807) is 21.0 Å². The van der Waals surface area contributed by atoms with Crippen LogP contribution in [0, 0.1) is 0 Å². The second-order valence-electron chi connectivity index (χ2n) is 7.43. The Labute approximate surface area is 168 Å². The summed E-state index contributed by atoms with van der Waals surface area (Å²) in [5.41, 5.74) is 1.54. The summed E-state index contributed by atoms with van der Waals surface area (Å²) in [5.74, 6) is 0. The molecule has 4 aromatic rings. The van der Waals surface area contributed by atoms with E-state index in [1.165, 1.54) is 0 Å². The summed E-state index contributed by atoms with van der Waals surface area (Å²) < 4.78 is 30.0. The predicted molar refractivity (Wildman–Crippen MR) is 114 cm³/mol. The predicted octanol–water partition coefficient (Wildman–Crippen LogP) is 3.51. The molecule has 1 aliphatic rings. The summed E-state index contributed by atoms with van der Waals surface area (Å²) in [6.07, 6.45) is 1.21. The second-order valence-corrected chi connectivity index (χ2v) is 9.34. The fourth-order valence-electron chi connectivity index (χ4n) is 4.34. The molecule has 0 spiro atoms. The highest BCUT2D eigenvalue weighted by atomic mass is 32.2. The zero-order valence-corrected chi connectivity index (χ0v) is 16.6. The van der Waals surface area contributed by atoms with E-state index in [0.717, 1.165) is 21.8 Å². The Morgan fingerprint density at radius 1 is 0.862 bits per heavy atom. The second kappa shape index (κ2) is 6.86. The molecule has 0 radical (unpaired) electrons. The zero-order valence-electron chi connectivity index (χ0n) is 15.8. The number of benzene rings is 3. The molecular weight excluding hydrogens is 386 g/mol. The van der Waals surface area contributed by atoms with Crippen LogP contribution in [-0.2, 0) is 10.0 Å². The lowest BCUT2D eigenvalue weighted by Gasteiger charge is -2.32. The van der Waals surface area contributed by atoms with Gasteiger partial charge in [-0.2, -0.15) is 4.31 Å². The van der Waals surface area contributed by atoms with Gasteiger partial charge in [-0.1, -0.05) is 48.5 Å². The van der Waals surface area contributed by atoms with Crippen LogP contribution in [0.3, 0.4) is 0 Å². The molecule has 1 aliphatic heterocycles. The third kappa shape index (κ3) is 2.97. The molecular formula is C22H21N3O3S. The summed E-state index contributed by atoms with van der Waals surface area (Å²) in [7, 11) is -3.60. The van der Waals surface area contributed by atoms with Crippen molar-refractivity contribution in [1.82, 2.24) is 13.9 Å². The first kappa shape index (κ1) is 18.1. The number of imidazole rings is 1. The number of hydrogen-bond donors (Lipinski definition) is 1. The summed E-state index contributed by atoms with van der Waals surface area (Å²) in [6, 6.07) is 20.5. The van der Waals surface area contributed by atoms with Gasteiger partial charge in [0.15, 0.2) is 0 Å². The lowest BCUT2D eigenvalue weighted by atomic mass is 10.1. The smallest absolute Gasteiger partial charge is 0.306 e. The van der Waals surface area contributed by atoms with E-state index < -0.39 is 10.0 Å². The maximum atomic E-state index is 13.3. The van der Waals surface area contributed by atoms with Crippen molar-refractivity contribution < 1.29 is 8.42 Å². The highest BCUT2D eigenvalue weighted by molar-refractivity contribution is 7.89. The summed E-state index contributed by atoms with van der Waals surface area (Å²) >= 11 is 0. The van der Waals surface area contributed by atoms with Gasteiger partial charge in [0.1, 0.15) is 0 Å². The van der Waals surface area contributed by atoms with Crippen molar-refractivity contribution in [2.75, 3.05) is 13.1 Å². The lowest BCUT2D eigenvalue weighted by molar-refractivity contribution is 0.274. The van der Waals surface area contributed by atoms with E-state index in [4.69, 9.17) is 0 Å². The van der Waals surface area contributed by atoms with E-state index in [0.29, 0.717) is 30.8 Å². The highest BCUT2D eigenvalue weighted by Crippen LogP contribution is 2.31. The van der Waals surface area contributed by atoms with Crippen molar-refractivity contribution in [1.29, 1.82) is 0 Å². The molecule has 3 aromatic carbocycles. The average Bonchev–Trinajstić information content (AvgIpc) is 3.09. The van der Waals surface area contributed by atoms with Crippen molar-refractivity contribution in [3.05, 3.63) is 77.2 Å². The minimum absolute atomic E-state index is 0.0161. The monoisotopic (exact) mass is 407 g/mol. The van der Waals surface area contributed by atoms with E-state index in [2.05, 4.69) is 4.98 Å². The first-order chi connectivity index (χ1) is 14.1. The van der Waals surface area contributed by atoms with Gasteiger partial charge in [0.25, 0.3) is 0 Å². The molecule has 1 fully saturated rings. The highest BCUT2D eigenvalue weighted by Gasteiger charge is 2.32. The zero-order chi connectivity index (χ0) is 20.0. The van der Waals surface area contributed by atoms with Gasteiger partial charge in [0.05, 0.1) is 15.9 Å². The Morgan fingerprint density at radius 3 is 2.38 bits per heavy atom. The molecule has 5 rings (SSSR count). The maximum Gasteiger partial charge on any atom is 0.326 e. The number of sulfonamides is 1. The van der Waals surface area contributed by atoms with Crippen LogP contribution in [0.5, 0.6) is 0 Å². The Balaban J connectivity index is 1.44. The molecule has 29 heavy (non-hydrogen) atoms. The maximum absolute atomic E-state index is 13.3. The molecule has 0 amide bonds. The van der Waals surface area contributed by atoms with Crippen LogP contribution in [0.25, 0.3) is 21.8 Å². The minimum Gasteiger partial charge on any atom is -0.306 e. The van der Waals surface area contributed by atoms with Crippen molar-refractivity contribution >= 4 is 31.8 Å². The van der Waals surface area contributed by atoms with Crippen LogP contribution in [0.4, 0.5) is 0 Å². The first-order valence-corrected chi connectivity index (χ1v) is 11.2. The Kier molecular flexibility index (Phi) is 4.29. The topological polar surface area (TPSA) is 75.2 Å². The van der Waals surface area contributed by atoms with Crippen LogP contribution >= 0.6 is 0 Å². The number of aromatic nitrogens is 2. The van der Waals surface area contributed by atoms with Gasteiger partial charge < -0.3 is 4.98 Å². The van der Waals surface area contributed by atoms with Gasteiger partial charge in [-0.25, -0.2) is 13.2 Å². The number of nitrogens with one attached hydrogen (secondary N) is 1. The molecule has 6 nitrogen and oxygen atoms in total. The molecule has 0 atom stereocenters. The van der Waals surface area contributed by atoms with Crippen LogP contribution in [0.1, 0.15) is 18.9 Å². The van der Waals surface area contributed by atoms with Crippen molar-refractivity contribution in [2.24, 2.45) is 0 Å². The number of piperidine rings is 1. The Bertz CT molecular complexity index is 1360. The van der Waals surface area contributed by atoms with E-state index in [9.17, 15) is 13.2 Å². The summed E-state index contributed by atoms with van der Waals surface area (Å²) in [6.45, 7) is 0.782. The van der Waals surface area contributed by atoms with E-state index in [-0.39, 0.29) is 11.7 Å². The summed E-state index contributed by atoms with van der Waals surface area (Å²) in [5, 5.41) is 1.65. The van der Waals surface area contributed by atoms with Gasteiger partial charge in [-0.15, -0.1) is 0 Å². The quantitative estimate of drug-likeness (QED) is 0.565. The average molecular weight is 407 g/mol. The van der Waals surface area contributed by atoms with Crippen LogP contribution < -0.4 is 5.69 Å². The van der Waals surface area contributed by atoms with Crippen LogP contribution in [0.15, 0.2) is 76.4 Å². The number of nitrogens with zero attached hydrogens (tertiary/aromatic N) is 2. The van der Waals surface area contributed by atoms with Gasteiger partial charge in [0, 0.05) is 24.5 Å². The molecule has 148 valence electrons. The molecule has 1 N–H and O–H groups in total. The van der Waals surface area contributed by atoms with Crippen molar-refractivity contribution in [2.45, 2.75) is 23.8 Å². The van der Waals surface area contributed by atoms with E-state index >= 15 is 0 Å². The number of H-pyrrole nitrogens is 1. The first-order valence-electron chi connectivity index (χ1n) is 9.73. The fourth-order valence-corrected chi connectivity index (χ4v) is 6.02. The molecule has 0 saturated carbocycles. The Morgan fingerprint density at radius 2 is 1.55 bits per heavy atom. The minimum atomic E-state index is -3.60. The summed E-state index contributed by atoms with van der Waals surface area (Å²) in [4.78, 5) is 15.7. The molecule has 0 bridgehead atoms. The number of rotatable bonds is 3. The third-order valence-corrected chi connectivity index (χ3v) is 7.74. The van der Waals surface area contributed by atoms with Gasteiger partial charge in [0.2, 0.25) is 10.0 Å². The van der Waals surface area contributed by atoms with Crippen LogP contribution in [0.2, 0.25) is 0 Å². The van der Waals surface area contributed by atoms with Crippen LogP contribution in [-0.4, -0.2) is 35.4 Å². The Hall–Kier alpha value is -2.90. The molecule has 0 unspecified atom stereocenters. The van der Waals surface area contributed by atoms with Gasteiger partial charge >= 0.3 is 5.69 Å². The SMILES string of the molecule is O=c1[nH]c2ccccc2n1C1CCN(S(=O)(=O)c2cccc3ccccc23)CC1. The molecule has 1 saturated heterocycles. The molecule has 1 aromatic heterocycles. The van der Waals surface area contributed by atoms with E-state index in [1.807, 2.05) is 54.6 Å². The molecule has 2 heterocycles. The normalized spacial score (nSPS) is 16.6. The number of aromatic amines is 1. The molecule has 7 heteroatoms. The fraction of sp³-hybridized carbons (Fsp3) is 0.227. The van der Waals surface area contributed by atoms with Gasteiger partial charge in [-0.3, -0.25) is 4.57 Å². The third-order valence-electron chi connectivity index (χ3n) is 5.78. The number of para-hydroxylation sites is 2. The van der Waals surface area contributed by atoms with Crippen molar-refractivity contribution in [3.8, 4) is 0 Å². The van der Waals surface area contributed by atoms with Crippen molar-refractivity contribution in [3.63, 3.8) is 0 Å². The number of hydrogen-bond acceptors (Lipinski definition) is 3. The standard InChI is InChI=1S/C22H21N3O3S/c26-22-23-19-9-3-4-10-20(19)25(22)17-12-14-24(15-13-17)29(27,28)21-11-5-7-16-6-1-2-8-18(16)21/h1-11,17H,12-15H2,(H,23,26). The number of fused-ring (bicyclic) bond motifs is 2. The van der Waals surface area contributed by atoms with Gasteiger partial charge in [-0.05, 0) is 36.4 Å². The lowest BCUT2D eigenvalue weighted by Crippen LogP contribution is -2.40.